The van der Waals surface area contributed by atoms with Crippen LogP contribution < -0.4 is 20.1 Å². The number of ether oxygens (including phenoxy) is 3. The summed E-state index contributed by atoms with van der Waals surface area (Å²) in [5.41, 5.74) is -0.701. The molecule has 0 aliphatic rings. The van der Waals surface area contributed by atoms with Gasteiger partial charge in [0.05, 0.1) is 25.7 Å². The van der Waals surface area contributed by atoms with Crippen LogP contribution in [0.15, 0.2) is 60.8 Å². The topological polar surface area (TPSA) is 116 Å². The molecule has 2 N–H and O–H groups in total. The van der Waals surface area contributed by atoms with Gasteiger partial charge in [0.1, 0.15) is 0 Å². The standard InChI is InChI=1S/C25H22F3N3O6/c1-35-13-11-20(32)37-22-19(36-2)10-12-29-21(22)24(34)30-17-8-6-15(7-9-17)23(33)31-18-5-3-4-16(14-18)25(26,27)28/h3-10,12,14H,11,13H2,1-2H3,(H,30,34)(H,31,33). The fourth-order valence-electron chi connectivity index (χ4n) is 3.07. The van der Waals surface area contributed by atoms with Gasteiger partial charge in [-0.05, 0) is 42.5 Å². The highest BCUT2D eigenvalue weighted by Gasteiger charge is 2.30. The molecule has 0 atom stereocenters. The van der Waals surface area contributed by atoms with Gasteiger partial charge in [0.15, 0.2) is 11.4 Å². The summed E-state index contributed by atoms with van der Waals surface area (Å²) < 4.78 is 54.0. The molecule has 0 fully saturated rings. The molecule has 0 radical (unpaired) electrons. The van der Waals surface area contributed by atoms with E-state index in [0.29, 0.717) is 0 Å². The number of rotatable bonds is 9. The largest absolute Gasteiger partial charge is 0.493 e. The van der Waals surface area contributed by atoms with Crippen LogP contribution >= 0.6 is 0 Å². The minimum Gasteiger partial charge on any atom is -0.493 e. The maximum absolute atomic E-state index is 12.9. The van der Waals surface area contributed by atoms with Crippen LogP contribution in [0.3, 0.4) is 0 Å². The zero-order chi connectivity index (χ0) is 27.0. The Morgan fingerprint density at radius 3 is 2.27 bits per heavy atom. The number of methoxy groups -OCH3 is 2. The van der Waals surface area contributed by atoms with E-state index in [1.165, 1.54) is 62.9 Å². The molecule has 1 heterocycles. The van der Waals surface area contributed by atoms with Crippen LogP contribution in [0.1, 0.15) is 32.8 Å². The lowest BCUT2D eigenvalue weighted by Gasteiger charge is -2.13. The summed E-state index contributed by atoms with van der Waals surface area (Å²) in [6.45, 7) is 0.122. The Balaban J connectivity index is 1.71. The fourth-order valence-corrected chi connectivity index (χ4v) is 3.07. The molecule has 194 valence electrons. The van der Waals surface area contributed by atoms with Crippen molar-refractivity contribution in [3.05, 3.63) is 77.6 Å². The quantitative estimate of drug-likeness (QED) is 0.400. The number of nitrogens with one attached hydrogen (secondary N) is 2. The Labute approximate surface area is 209 Å². The second kappa shape index (κ2) is 12.0. The molecule has 2 aromatic carbocycles. The Morgan fingerprint density at radius 1 is 0.919 bits per heavy atom. The van der Waals surface area contributed by atoms with E-state index >= 15 is 0 Å². The number of hydrogen-bond donors (Lipinski definition) is 2. The van der Waals surface area contributed by atoms with E-state index in [9.17, 15) is 27.6 Å². The number of amides is 2. The number of aromatic nitrogens is 1. The van der Waals surface area contributed by atoms with Crippen LogP contribution in [0.5, 0.6) is 11.5 Å². The van der Waals surface area contributed by atoms with Crippen LogP contribution in [0.25, 0.3) is 0 Å². The number of carbonyl (C=O) groups excluding carboxylic acids is 3. The summed E-state index contributed by atoms with van der Waals surface area (Å²) >= 11 is 0. The summed E-state index contributed by atoms with van der Waals surface area (Å²) in [5, 5.41) is 4.98. The number of benzene rings is 2. The van der Waals surface area contributed by atoms with Crippen molar-refractivity contribution in [3.63, 3.8) is 0 Å². The average Bonchev–Trinajstić information content (AvgIpc) is 2.87. The molecule has 0 aliphatic carbocycles. The number of alkyl halides is 3. The molecule has 1 aromatic heterocycles. The van der Waals surface area contributed by atoms with Gasteiger partial charge in [0.2, 0.25) is 5.75 Å². The summed E-state index contributed by atoms with van der Waals surface area (Å²) in [7, 11) is 2.77. The van der Waals surface area contributed by atoms with E-state index in [2.05, 4.69) is 15.6 Å². The molecule has 0 saturated carbocycles. The van der Waals surface area contributed by atoms with Crippen molar-refractivity contribution in [1.82, 2.24) is 4.98 Å². The van der Waals surface area contributed by atoms with Crippen molar-refractivity contribution >= 4 is 29.2 Å². The molecule has 0 aliphatic heterocycles. The van der Waals surface area contributed by atoms with E-state index in [4.69, 9.17) is 14.2 Å². The van der Waals surface area contributed by atoms with Gasteiger partial charge in [0.25, 0.3) is 11.8 Å². The molecule has 0 unspecified atom stereocenters. The van der Waals surface area contributed by atoms with Gasteiger partial charge < -0.3 is 24.8 Å². The van der Waals surface area contributed by atoms with Crippen molar-refractivity contribution < 1.29 is 41.8 Å². The highest BCUT2D eigenvalue weighted by molar-refractivity contribution is 6.07. The molecular formula is C25H22F3N3O6. The van der Waals surface area contributed by atoms with Crippen LogP contribution in [0.4, 0.5) is 24.5 Å². The monoisotopic (exact) mass is 517 g/mol. The number of hydrogen-bond acceptors (Lipinski definition) is 7. The first-order valence-electron chi connectivity index (χ1n) is 10.7. The van der Waals surface area contributed by atoms with Crippen molar-refractivity contribution in [3.8, 4) is 11.5 Å². The van der Waals surface area contributed by atoms with Crippen LogP contribution in [0, 0.1) is 0 Å². The van der Waals surface area contributed by atoms with Crippen molar-refractivity contribution in [2.45, 2.75) is 12.6 Å². The summed E-state index contributed by atoms with van der Waals surface area (Å²) in [6, 6.07) is 11.3. The van der Waals surface area contributed by atoms with E-state index < -0.39 is 29.5 Å². The molecule has 0 saturated heterocycles. The highest BCUT2D eigenvalue weighted by atomic mass is 19.4. The predicted octanol–water partition coefficient (Wildman–Crippen LogP) is 4.56. The van der Waals surface area contributed by atoms with Crippen LogP contribution in [0.2, 0.25) is 0 Å². The maximum Gasteiger partial charge on any atom is 0.416 e. The number of carbonyl (C=O) groups is 3. The van der Waals surface area contributed by atoms with Crippen molar-refractivity contribution in [2.24, 2.45) is 0 Å². The third kappa shape index (κ3) is 7.27. The van der Waals surface area contributed by atoms with Crippen LogP contribution in [-0.4, -0.2) is 43.6 Å². The second-order valence-electron chi connectivity index (χ2n) is 7.47. The lowest BCUT2D eigenvalue weighted by Crippen LogP contribution is -2.19. The first kappa shape index (κ1) is 27.1. The molecule has 3 aromatic rings. The van der Waals surface area contributed by atoms with E-state index in [-0.39, 0.29) is 47.2 Å². The maximum atomic E-state index is 12.9. The number of anilines is 2. The minimum absolute atomic E-state index is 0.0196. The fraction of sp³-hybridized carbons (Fsp3) is 0.200. The van der Waals surface area contributed by atoms with Gasteiger partial charge in [-0.15, -0.1) is 0 Å². The summed E-state index contributed by atoms with van der Waals surface area (Å²) in [6.07, 6.45) is -3.29. The third-order valence-corrected chi connectivity index (χ3v) is 4.88. The number of pyridine rings is 1. The molecular weight excluding hydrogens is 495 g/mol. The first-order valence-corrected chi connectivity index (χ1v) is 10.7. The Bertz CT molecular complexity index is 1280. The van der Waals surface area contributed by atoms with Gasteiger partial charge in [0, 0.05) is 36.3 Å². The number of halogens is 3. The SMILES string of the molecule is COCCC(=O)Oc1c(OC)ccnc1C(=O)Nc1ccc(C(=O)Nc2cccc(C(F)(F)F)c2)cc1. The van der Waals surface area contributed by atoms with Gasteiger partial charge in [-0.25, -0.2) is 4.98 Å². The average molecular weight is 517 g/mol. The van der Waals surface area contributed by atoms with Gasteiger partial charge in [-0.2, -0.15) is 13.2 Å². The Hall–Kier alpha value is -4.45. The number of nitrogens with zero attached hydrogens (tertiary/aromatic N) is 1. The van der Waals surface area contributed by atoms with Gasteiger partial charge in [-0.1, -0.05) is 6.07 Å². The second-order valence-corrected chi connectivity index (χ2v) is 7.47. The molecule has 2 amide bonds. The Morgan fingerprint density at radius 2 is 1.62 bits per heavy atom. The third-order valence-electron chi connectivity index (χ3n) is 4.88. The lowest BCUT2D eigenvalue weighted by atomic mass is 10.1. The van der Waals surface area contributed by atoms with Gasteiger partial charge in [-0.3, -0.25) is 14.4 Å². The smallest absolute Gasteiger partial charge is 0.416 e. The van der Waals surface area contributed by atoms with Crippen molar-refractivity contribution in [2.75, 3.05) is 31.5 Å². The molecule has 9 nitrogen and oxygen atoms in total. The molecule has 0 spiro atoms. The molecule has 3 rings (SSSR count). The van der Waals surface area contributed by atoms with E-state index in [0.717, 1.165) is 12.1 Å². The highest BCUT2D eigenvalue weighted by Crippen LogP contribution is 2.32. The minimum atomic E-state index is -4.54. The first-order chi connectivity index (χ1) is 17.6. The Kier molecular flexibility index (Phi) is 8.80. The van der Waals surface area contributed by atoms with E-state index in [1.54, 1.807) is 0 Å². The predicted molar refractivity (Wildman–Crippen MR) is 127 cm³/mol. The number of esters is 1. The van der Waals surface area contributed by atoms with Gasteiger partial charge >= 0.3 is 12.1 Å². The molecule has 12 heteroatoms. The molecule has 37 heavy (non-hydrogen) atoms. The lowest BCUT2D eigenvalue weighted by molar-refractivity contribution is -0.137. The normalized spacial score (nSPS) is 10.9. The summed E-state index contributed by atoms with van der Waals surface area (Å²) in [4.78, 5) is 41.4. The zero-order valence-electron chi connectivity index (χ0n) is 19.7. The molecule has 0 bridgehead atoms. The summed E-state index contributed by atoms with van der Waals surface area (Å²) in [5.74, 6) is -2.06. The zero-order valence-corrected chi connectivity index (χ0v) is 19.7. The van der Waals surface area contributed by atoms with Crippen molar-refractivity contribution in [1.29, 1.82) is 0 Å². The van der Waals surface area contributed by atoms with E-state index in [1.807, 2.05) is 0 Å². The van der Waals surface area contributed by atoms with Crippen LogP contribution in [-0.2, 0) is 15.7 Å².